The molecule has 1 aromatic carbocycles. The van der Waals surface area contributed by atoms with Crippen LogP contribution in [-0.2, 0) is 4.79 Å². The van der Waals surface area contributed by atoms with Gasteiger partial charge in [0.05, 0.1) is 0 Å². The highest BCUT2D eigenvalue weighted by Crippen LogP contribution is 2.48. The summed E-state index contributed by atoms with van der Waals surface area (Å²) in [6.45, 7) is 1.95. The number of carbonyl (C=O) groups is 1. The van der Waals surface area contributed by atoms with Gasteiger partial charge in [0.15, 0.2) is 0 Å². The molecule has 0 aliphatic heterocycles. The van der Waals surface area contributed by atoms with Crippen molar-refractivity contribution in [3.8, 4) is 0 Å². The minimum absolute atomic E-state index is 0.137. The van der Waals surface area contributed by atoms with Gasteiger partial charge >= 0.3 is 0 Å². The van der Waals surface area contributed by atoms with Crippen LogP contribution in [0.4, 0.5) is 0 Å². The maximum Gasteiger partial charge on any atom is 0.136 e. The molecule has 16 heavy (non-hydrogen) atoms. The number of rotatable bonds is 5. The standard InChI is InChI=1S/C14H19NO/c1-10(15)7-8-14(16)13-9-12(13)11-5-3-2-4-6-11/h2-6,10,12-13H,7-9,15H2,1H3. The summed E-state index contributed by atoms with van der Waals surface area (Å²) in [5.41, 5.74) is 6.96. The van der Waals surface area contributed by atoms with Gasteiger partial charge in [0.2, 0.25) is 0 Å². The van der Waals surface area contributed by atoms with Crippen LogP contribution in [0.15, 0.2) is 30.3 Å². The molecular weight excluding hydrogens is 198 g/mol. The smallest absolute Gasteiger partial charge is 0.136 e. The molecule has 3 atom stereocenters. The fourth-order valence-electron chi connectivity index (χ4n) is 2.17. The fourth-order valence-corrected chi connectivity index (χ4v) is 2.17. The van der Waals surface area contributed by atoms with Gasteiger partial charge in [0.1, 0.15) is 5.78 Å². The molecule has 0 heterocycles. The summed E-state index contributed by atoms with van der Waals surface area (Å²) in [6.07, 6.45) is 2.49. The van der Waals surface area contributed by atoms with E-state index < -0.39 is 0 Å². The summed E-state index contributed by atoms with van der Waals surface area (Å²) in [5, 5.41) is 0. The summed E-state index contributed by atoms with van der Waals surface area (Å²) >= 11 is 0. The van der Waals surface area contributed by atoms with E-state index in [1.165, 1.54) is 5.56 Å². The second kappa shape index (κ2) is 4.79. The number of Topliss-reactive ketones (excluding diaryl/α,β-unsaturated/α-hetero) is 1. The molecule has 2 N–H and O–H groups in total. The Morgan fingerprint density at radius 3 is 2.75 bits per heavy atom. The third-order valence-electron chi connectivity index (χ3n) is 3.28. The average Bonchev–Trinajstić information content (AvgIpc) is 3.07. The van der Waals surface area contributed by atoms with Gasteiger partial charge in [0.25, 0.3) is 0 Å². The van der Waals surface area contributed by atoms with Crippen molar-refractivity contribution in [1.29, 1.82) is 0 Å². The van der Waals surface area contributed by atoms with E-state index in [0.717, 1.165) is 12.8 Å². The summed E-state index contributed by atoms with van der Waals surface area (Å²) < 4.78 is 0. The highest BCUT2D eigenvalue weighted by atomic mass is 16.1. The number of nitrogens with two attached hydrogens (primary N) is 1. The highest BCUT2D eigenvalue weighted by molar-refractivity contribution is 5.85. The van der Waals surface area contributed by atoms with Gasteiger partial charge in [-0.25, -0.2) is 0 Å². The third kappa shape index (κ3) is 2.70. The average molecular weight is 217 g/mol. The zero-order valence-corrected chi connectivity index (χ0v) is 9.73. The number of benzene rings is 1. The molecule has 0 radical (unpaired) electrons. The van der Waals surface area contributed by atoms with Crippen LogP contribution in [0.5, 0.6) is 0 Å². The van der Waals surface area contributed by atoms with Gasteiger partial charge in [-0.1, -0.05) is 30.3 Å². The van der Waals surface area contributed by atoms with Gasteiger partial charge in [-0.3, -0.25) is 4.79 Å². The van der Waals surface area contributed by atoms with Crippen molar-refractivity contribution < 1.29 is 4.79 Å². The van der Waals surface area contributed by atoms with E-state index in [4.69, 9.17) is 5.73 Å². The van der Waals surface area contributed by atoms with Gasteiger partial charge in [-0.05, 0) is 31.2 Å². The molecule has 3 unspecified atom stereocenters. The first-order chi connectivity index (χ1) is 7.68. The highest BCUT2D eigenvalue weighted by Gasteiger charge is 2.42. The molecule has 1 aliphatic carbocycles. The van der Waals surface area contributed by atoms with Crippen molar-refractivity contribution in [3.63, 3.8) is 0 Å². The van der Waals surface area contributed by atoms with Crippen molar-refractivity contribution in [3.05, 3.63) is 35.9 Å². The topological polar surface area (TPSA) is 43.1 Å². The van der Waals surface area contributed by atoms with E-state index in [0.29, 0.717) is 18.1 Å². The summed E-state index contributed by atoms with van der Waals surface area (Å²) in [5.74, 6) is 1.13. The predicted molar refractivity (Wildman–Crippen MR) is 65.2 cm³/mol. The Labute approximate surface area is 96.8 Å². The van der Waals surface area contributed by atoms with E-state index in [9.17, 15) is 4.79 Å². The first-order valence-electron chi connectivity index (χ1n) is 6.01. The Morgan fingerprint density at radius 1 is 1.44 bits per heavy atom. The first-order valence-corrected chi connectivity index (χ1v) is 6.01. The Balaban J connectivity index is 1.85. The molecule has 2 rings (SSSR count). The SMILES string of the molecule is CC(N)CCC(=O)C1CC1c1ccccc1. The van der Waals surface area contributed by atoms with Crippen LogP contribution in [0.25, 0.3) is 0 Å². The van der Waals surface area contributed by atoms with Crippen molar-refractivity contribution in [2.24, 2.45) is 11.7 Å². The van der Waals surface area contributed by atoms with E-state index in [1.807, 2.05) is 25.1 Å². The molecule has 2 nitrogen and oxygen atoms in total. The maximum atomic E-state index is 11.8. The maximum absolute atomic E-state index is 11.8. The van der Waals surface area contributed by atoms with E-state index in [-0.39, 0.29) is 12.0 Å². The summed E-state index contributed by atoms with van der Waals surface area (Å²) in [4.78, 5) is 11.8. The molecule has 0 saturated heterocycles. The van der Waals surface area contributed by atoms with Crippen LogP contribution < -0.4 is 5.73 Å². The molecule has 1 aromatic rings. The second-order valence-corrected chi connectivity index (χ2v) is 4.84. The largest absolute Gasteiger partial charge is 0.328 e. The minimum atomic E-state index is 0.137. The Kier molecular flexibility index (Phi) is 3.39. The normalized spacial score (nSPS) is 25.1. The lowest BCUT2D eigenvalue weighted by Crippen LogP contribution is -2.17. The molecule has 0 spiro atoms. The van der Waals surface area contributed by atoms with Gasteiger partial charge in [0, 0.05) is 18.4 Å². The van der Waals surface area contributed by atoms with Crippen molar-refractivity contribution >= 4 is 5.78 Å². The fraction of sp³-hybridized carbons (Fsp3) is 0.500. The molecule has 0 bridgehead atoms. The van der Waals surface area contributed by atoms with Crippen molar-refractivity contribution in [2.75, 3.05) is 0 Å². The zero-order chi connectivity index (χ0) is 11.5. The van der Waals surface area contributed by atoms with Crippen LogP contribution >= 0.6 is 0 Å². The molecule has 1 fully saturated rings. The molecule has 1 saturated carbocycles. The van der Waals surface area contributed by atoms with Gasteiger partial charge in [-0.2, -0.15) is 0 Å². The minimum Gasteiger partial charge on any atom is -0.328 e. The molecule has 0 amide bonds. The van der Waals surface area contributed by atoms with Crippen LogP contribution in [-0.4, -0.2) is 11.8 Å². The Bertz CT molecular complexity index is 358. The lowest BCUT2D eigenvalue weighted by atomic mass is 10.0. The zero-order valence-electron chi connectivity index (χ0n) is 9.73. The summed E-state index contributed by atoms with van der Waals surface area (Å²) in [6, 6.07) is 10.5. The molecule has 2 heteroatoms. The van der Waals surface area contributed by atoms with Crippen molar-refractivity contribution in [1.82, 2.24) is 0 Å². The number of ketones is 1. The third-order valence-corrected chi connectivity index (χ3v) is 3.28. The predicted octanol–water partition coefficient (Wildman–Crippen LogP) is 2.49. The molecule has 1 aliphatic rings. The second-order valence-electron chi connectivity index (χ2n) is 4.84. The summed E-state index contributed by atoms with van der Waals surface area (Å²) in [7, 11) is 0. The molecule has 0 aromatic heterocycles. The molecular formula is C14H19NO. The molecule has 86 valence electrons. The number of hydrogen-bond donors (Lipinski definition) is 1. The lowest BCUT2D eigenvalue weighted by Gasteiger charge is -2.03. The van der Waals surface area contributed by atoms with Crippen LogP contribution in [0.1, 0.15) is 37.7 Å². The van der Waals surface area contributed by atoms with Crippen LogP contribution in [0, 0.1) is 5.92 Å². The number of hydrogen-bond acceptors (Lipinski definition) is 2. The van der Waals surface area contributed by atoms with Gasteiger partial charge < -0.3 is 5.73 Å². The monoisotopic (exact) mass is 217 g/mol. The van der Waals surface area contributed by atoms with E-state index in [1.54, 1.807) is 0 Å². The van der Waals surface area contributed by atoms with Crippen molar-refractivity contribution in [2.45, 2.75) is 38.1 Å². The Hall–Kier alpha value is -1.15. The van der Waals surface area contributed by atoms with Crippen LogP contribution in [0.3, 0.4) is 0 Å². The Morgan fingerprint density at radius 2 is 2.12 bits per heavy atom. The first kappa shape index (κ1) is 11.3. The van der Waals surface area contributed by atoms with Gasteiger partial charge in [-0.15, -0.1) is 0 Å². The quantitative estimate of drug-likeness (QED) is 0.823. The van der Waals surface area contributed by atoms with Crippen LogP contribution in [0.2, 0.25) is 0 Å². The number of carbonyl (C=O) groups excluding carboxylic acids is 1. The lowest BCUT2D eigenvalue weighted by molar-refractivity contribution is -0.120. The van der Waals surface area contributed by atoms with E-state index >= 15 is 0 Å². The van der Waals surface area contributed by atoms with E-state index in [2.05, 4.69) is 12.1 Å².